The van der Waals surface area contributed by atoms with Crippen LogP contribution in [0.4, 0.5) is 4.79 Å². The minimum Gasteiger partial charge on any atom is -0.444 e. The van der Waals surface area contributed by atoms with Crippen LogP contribution >= 0.6 is 0 Å². The third-order valence-electron chi connectivity index (χ3n) is 8.48. The number of carbonyl (C=O) groups is 4. The smallest absolute Gasteiger partial charge is 0.408 e. The summed E-state index contributed by atoms with van der Waals surface area (Å²) in [5.41, 5.74) is -2.25. The molecule has 5 atom stereocenters. The first-order valence-corrected chi connectivity index (χ1v) is 16.5. The van der Waals surface area contributed by atoms with Crippen molar-refractivity contribution < 1.29 is 37.4 Å². The Labute approximate surface area is 246 Å². The fourth-order valence-electron chi connectivity index (χ4n) is 5.88. The number of allylic oxidation sites excluding steroid dienone is 1. The molecule has 0 aromatic heterocycles. The molecular formula is C28H43N5O8S. The minimum atomic E-state index is -3.84. The third-order valence-corrected chi connectivity index (χ3v) is 10.3. The van der Waals surface area contributed by atoms with Crippen molar-refractivity contribution in [3.63, 3.8) is 0 Å². The highest BCUT2D eigenvalue weighted by Gasteiger charge is 2.62. The summed E-state index contributed by atoms with van der Waals surface area (Å²) in [6.45, 7) is 5.94. The lowest BCUT2D eigenvalue weighted by atomic mass is 10.1. The first-order valence-electron chi connectivity index (χ1n) is 15.0. The van der Waals surface area contributed by atoms with E-state index in [4.69, 9.17) is 4.74 Å². The number of alkyl carbamates (subject to hydrolysis) is 1. The molecule has 5 rings (SSSR count). The fourth-order valence-corrected chi connectivity index (χ4v) is 7.24. The molecule has 0 aromatic carbocycles. The Balaban J connectivity index is 1.41. The SMILES string of the molecule is CC(C)(C)OC(=O)N[C@H]1CN(C2CC2)CCC/C=C\[C@@H]2C[C@@]2(C(=O)NS(=O)(=O)C2CC2)NC(=O)[C@@H]2C[C@@H](O)CN2C1=O. The number of sulfonamides is 1. The summed E-state index contributed by atoms with van der Waals surface area (Å²) in [5.74, 6) is -2.38. The summed E-state index contributed by atoms with van der Waals surface area (Å²) >= 11 is 0. The van der Waals surface area contributed by atoms with E-state index in [0.29, 0.717) is 25.8 Å². The van der Waals surface area contributed by atoms with Gasteiger partial charge in [-0.3, -0.25) is 24.0 Å². The Morgan fingerprint density at radius 3 is 2.50 bits per heavy atom. The second kappa shape index (κ2) is 11.4. The molecule has 2 aliphatic heterocycles. The van der Waals surface area contributed by atoms with Crippen molar-refractivity contribution in [1.82, 2.24) is 25.2 Å². The van der Waals surface area contributed by atoms with Crippen molar-refractivity contribution in [3.8, 4) is 0 Å². The molecule has 4 fully saturated rings. The Hall–Kier alpha value is -2.71. The van der Waals surface area contributed by atoms with Gasteiger partial charge in [-0.15, -0.1) is 0 Å². The number of fused-ring (bicyclic) bond motifs is 2. The summed E-state index contributed by atoms with van der Waals surface area (Å²) in [5, 5.41) is 15.4. The molecule has 42 heavy (non-hydrogen) atoms. The second-order valence-corrected chi connectivity index (χ2v) is 15.3. The van der Waals surface area contributed by atoms with Crippen LogP contribution in [0.1, 0.15) is 72.1 Å². The maximum Gasteiger partial charge on any atom is 0.408 e. The molecule has 0 bridgehead atoms. The molecule has 0 spiro atoms. The van der Waals surface area contributed by atoms with Crippen LogP contribution in [0.25, 0.3) is 0 Å². The van der Waals surface area contributed by atoms with E-state index in [1.54, 1.807) is 20.8 Å². The standard InChI is InChI=1S/C28H43N5O8S/c1-27(2,3)41-26(38)29-21-16-32(18-8-9-18)12-6-4-5-7-17-14-28(17,25(37)31-42(39,40)20-10-11-20)30-23(35)22-13-19(34)15-33(22)24(21)36/h5,7,17-22,34H,4,6,8-16H2,1-3H3,(H,29,38)(H,30,35)(H,31,37)/b7-5-/t17-,19-,21+,22+,28-/m1/s1. The molecule has 4 amide bonds. The zero-order valence-corrected chi connectivity index (χ0v) is 25.3. The summed E-state index contributed by atoms with van der Waals surface area (Å²) in [6, 6.07) is -1.85. The van der Waals surface area contributed by atoms with Gasteiger partial charge in [0.25, 0.3) is 5.91 Å². The van der Waals surface area contributed by atoms with Gasteiger partial charge in [0.05, 0.1) is 11.4 Å². The van der Waals surface area contributed by atoms with Gasteiger partial charge in [0, 0.05) is 31.5 Å². The summed E-state index contributed by atoms with van der Waals surface area (Å²) < 4.78 is 32.7. The number of nitrogens with one attached hydrogen (secondary N) is 3. The summed E-state index contributed by atoms with van der Waals surface area (Å²) in [4.78, 5) is 57.2. The van der Waals surface area contributed by atoms with E-state index in [-0.39, 0.29) is 32.0 Å². The molecule has 1 saturated heterocycles. The van der Waals surface area contributed by atoms with Gasteiger partial charge in [-0.25, -0.2) is 13.2 Å². The number of hydrogen-bond donors (Lipinski definition) is 4. The molecule has 5 aliphatic rings. The second-order valence-electron chi connectivity index (χ2n) is 13.3. The zero-order valence-electron chi connectivity index (χ0n) is 24.5. The van der Waals surface area contributed by atoms with Crippen LogP contribution in [-0.2, 0) is 29.1 Å². The number of rotatable bonds is 5. The number of ether oxygens (including phenoxy) is 1. The summed E-state index contributed by atoms with van der Waals surface area (Å²) in [6.07, 6.45) is 6.61. The first kappa shape index (κ1) is 30.7. The number of carbonyl (C=O) groups excluding carboxylic acids is 4. The van der Waals surface area contributed by atoms with Crippen molar-refractivity contribution in [2.45, 2.75) is 113 Å². The van der Waals surface area contributed by atoms with Gasteiger partial charge >= 0.3 is 6.09 Å². The lowest BCUT2D eigenvalue weighted by Gasteiger charge is -2.33. The highest BCUT2D eigenvalue weighted by atomic mass is 32.2. The average molecular weight is 610 g/mol. The van der Waals surface area contributed by atoms with Gasteiger partial charge < -0.3 is 25.4 Å². The maximum absolute atomic E-state index is 14.0. The molecule has 3 aliphatic carbocycles. The molecular weight excluding hydrogens is 566 g/mol. The maximum atomic E-state index is 14.0. The molecule has 0 aromatic rings. The van der Waals surface area contributed by atoms with E-state index in [1.807, 2.05) is 12.2 Å². The van der Waals surface area contributed by atoms with Crippen molar-refractivity contribution in [2.24, 2.45) is 5.92 Å². The predicted molar refractivity (Wildman–Crippen MR) is 151 cm³/mol. The lowest BCUT2D eigenvalue weighted by Crippen LogP contribution is -2.60. The number of aliphatic hydroxyl groups is 1. The first-order chi connectivity index (χ1) is 19.7. The molecule has 234 valence electrons. The Morgan fingerprint density at radius 2 is 1.86 bits per heavy atom. The Morgan fingerprint density at radius 1 is 1.14 bits per heavy atom. The van der Waals surface area contributed by atoms with E-state index < -0.39 is 74.3 Å². The molecule has 0 unspecified atom stereocenters. The van der Waals surface area contributed by atoms with E-state index in [9.17, 15) is 32.7 Å². The van der Waals surface area contributed by atoms with Gasteiger partial charge in [-0.1, -0.05) is 12.2 Å². The quantitative estimate of drug-likeness (QED) is 0.316. The largest absolute Gasteiger partial charge is 0.444 e. The van der Waals surface area contributed by atoms with E-state index in [2.05, 4.69) is 20.3 Å². The molecule has 2 heterocycles. The van der Waals surface area contributed by atoms with Crippen LogP contribution in [0, 0.1) is 5.92 Å². The van der Waals surface area contributed by atoms with Gasteiger partial charge in [-0.05, 0) is 72.3 Å². The third kappa shape index (κ3) is 7.08. The summed E-state index contributed by atoms with van der Waals surface area (Å²) in [7, 11) is -3.84. The molecule has 14 heteroatoms. The van der Waals surface area contributed by atoms with E-state index >= 15 is 0 Å². The van der Waals surface area contributed by atoms with Crippen molar-refractivity contribution >= 4 is 33.8 Å². The lowest BCUT2D eigenvalue weighted by molar-refractivity contribution is -0.141. The zero-order chi connectivity index (χ0) is 30.4. The van der Waals surface area contributed by atoms with Crippen molar-refractivity contribution in [2.75, 3.05) is 19.6 Å². The normalized spacial score (nSPS) is 33.8. The number of aliphatic hydroxyl groups excluding tert-OH is 1. The fraction of sp³-hybridized carbons (Fsp3) is 0.786. The van der Waals surface area contributed by atoms with Crippen LogP contribution in [0.5, 0.6) is 0 Å². The van der Waals surface area contributed by atoms with Crippen molar-refractivity contribution in [1.29, 1.82) is 0 Å². The highest BCUT2D eigenvalue weighted by molar-refractivity contribution is 7.91. The minimum absolute atomic E-state index is 0.0539. The molecule has 4 N–H and O–H groups in total. The topological polar surface area (TPSA) is 174 Å². The Kier molecular flexibility index (Phi) is 8.36. The average Bonchev–Trinajstić information content (AvgIpc) is 3.75. The monoisotopic (exact) mass is 609 g/mol. The Bertz CT molecular complexity index is 1240. The van der Waals surface area contributed by atoms with Gasteiger partial charge in [0.2, 0.25) is 21.8 Å². The predicted octanol–water partition coefficient (Wildman–Crippen LogP) is 0.139. The van der Waals surface area contributed by atoms with Crippen LogP contribution in [-0.4, -0.2) is 107 Å². The number of hydrogen-bond acceptors (Lipinski definition) is 9. The van der Waals surface area contributed by atoms with Gasteiger partial charge in [-0.2, -0.15) is 0 Å². The van der Waals surface area contributed by atoms with Gasteiger partial charge in [0.15, 0.2) is 0 Å². The highest BCUT2D eigenvalue weighted by Crippen LogP contribution is 2.46. The van der Waals surface area contributed by atoms with Gasteiger partial charge in [0.1, 0.15) is 23.2 Å². The van der Waals surface area contributed by atoms with Crippen LogP contribution in [0.2, 0.25) is 0 Å². The van der Waals surface area contributed by atoms with Crippen LogP contribution in [0.15, 0.2) is 12.2 Å². The van der Waals surface area contributed by atoms with Crippen molar-refractivity contribution in [3.05, 3.63) is 12.2 Å². The van der Waals surface area contributed by atoms with E-state index in [1.165, 1.54) is 4.90 Å². The van der Waals surface area contributed by atoms with Crippen LogP contribution < -0.4 is 15.4 Å². The molecule has 3 saturated carbocycles. The molecule has 0 radical (unpaired) electrons. The van der Waals surface area contributed by atoms with Crippen LogP contribution in [0.3, 0.4) is 0 Å². The molecule has 13 nitrogen and oxygen atoms in total. The van der Waals surface area contributed by atoms with E-state index in [0.717, 1.165) is 19.3 Å². The number of nitrogens with zero attached hydrogens (tertiary/aromatic N) is 2. The number of amides is 4.